The summed E-state index contributed by atoms with van der Waals surface area (Å²) in [5, 5.41) is 5.78. The van der Waals surface area contributed by atoms with Crippen molar-refractivity contribution in [1.82, 2.24) is 5.32 Å². The number of benzene rings is 2. The minimum Gasteiger partial charge on any atom is -0.349 e. The Bertz CT molecular complexity index is 752. The van der Waals surface area contributed by atoms with Gasteiger partial charge in [-0.25, -0.2) is 0 Å². The highest BCUT2D eigenvalue weighted by molar-refractivity contribution is 9.10. The summed E-state index contributed by atoms with van der Waals surface area (Å²) in [5.41, 5.74) is 2.92. The average molecular weight is 373 g/mol. The van der Waals surface area contributed by atoms with E-state index in [4.69, 9.17) is 0 Å². The van der Waals surface area contributed by atoms with Crippen LogP contribution in [0.1, 0.15) is 39.1 Å². The van der Waals surface area contributed by atoms with Gasteiger partial charge in [-0.2, -0.15) is 0 Å². The summed E-state index contributed by atoms with van der Waals surface area (Å²) in [7, 11) is 0. The second-order valence-corrected chi connectivity index (χ2v) is 6.62. The Morgan fingerprint density at radius 3 is 2.17 bits per heavy atom. The van der Waals surface area contributed by atoms with Crippen LogP contribution in [0, 0.1) is 6.92 Å². The lowest BCUT2D eigenvalue weighted by Gasteiger charge is -2.09. The van der Waals surface area contributed by atoms with Crippen LogP contribution in [0.15, 0.2) is 46.9 Å². The summed E-state index contributed by atoms with van der Waals surface area (Å²) in [4.78, 5) is 24.2. The van der Waals surface area contributed by atoms with Crippen LogP contribution in [0.2, 0.25) is 0 Å². The number of nitrogens with one attached hydrogen (secondary N) is 2. The number of carbonyl (C=O) groups excluding carboxylic acids is 2. The van der Waals surface area contributed by atoms with Gasteiger partial charge >= 0.3 is 0 Å². The highest BCUT2D eigenvalue weighted by Gasteiger charge is 2.23. The predicted octanol–water partition coefficient (Wildman–Crippen LogP) is 3.90. The zero-order valence-electron chi connectivity index (χ0n) is 12.7. The Morgan fingerprint density at radius 1 is 1.00 bits per heavy atom. The standard InChI is InChI=1S/C18H17BrN2O2/c1-11-2-9-16(15(19)10-11)21-18(23)13-5-3-12(4-6-13)17(22)20-14-7-8-14/h2-6,9-10,14H,7-8H2,1H3,(H,20,22)(H,21,23). The minimum atomic E-state index is -0.205. The summed E-state index contributed by atoms with van der Waals surface area (Å²) in [5.74, 6) is -0.288. The summed E-state index contributed by atoms with van der Waals surface area (Å²) in [6, 6.07) is 12.7. The number of aryl methyl sites for hydroxylation is 1. The van der Waals surface area contributed by atoms with Crippen LogP contribution in [-0.2, 0) is 0 Å². The Kier molecular flexibility index (Phi) is 4.48. The summed E-state index contributed by atoms with van der Waals surface area (Å²) < 4.78 is 0.839. The van der Waals surface area contributed by atoms with Crippen LogP contribution in [0.25, 0.3) is 0 Å². The molecule has 4 nitrogen and oxygen atoms in total. The maximum absolute atomic E-state index is 12.3. The van der Waals surface area contributed by atoms with Gasteiger partial charge in [0.2, 0.25) is 0 Å². The number of carbonyl (C=O) groups is 2. The second kappa shape index (κ2) is 6.54. The molecule has 0 aliphatic heterocycles. The van der Waals surface area contributed by atoms with Gasteiger partial charge in [-0.3, -0.25) is 9.59 Å². The van der Waals surface area contributed by atoms with E-state index >= 15 is 0 Å². The summed E-state index contributed by atoms with van der Waals surface area (Å²) in [6.45, 7) is 1.99. The molecule has 1 saturated carbocycles. The molecule has 2 N–H and O–H groups in total. The van der Waals surface area contributed by atoms with Gasteiger partial charge in [0.25, 0.3) is 11.8 Å². The van der Waals surface area contributed by atoms with Crippen molar-refractivity contribution in [2.24, 2.45) is 0 Å². The first kappa shape index (κ1) is 15.7. The molecular formula is C18H17BrN2O2. The molecule has 3 rings (SSSR count). The normalized spacial score (nSPS) is 13.5. The number of amides is 2. The van der Waals surface area contributed by atoms with Gasteiger partial charge in [-0.1, -0.05) is 6.07 Å². The highest BCUT2D eigenvalue weighted by atomic mass is 79.9. The van der Waals surface area contributed by atoms with Crippen molar-refractivity contribution in [2.75, 3.05) is 5.32 Å². The van der Waals surface area contributed by atoms with Crippen LogP contribution in [0.4, 0.5) is 5.69 Å². The first-order valence-electron chi connectivity index (χ1n) is 7.51. The van der Waals surface area contributed by atoms with Crippen molar-refractivity contribution in [3.63, 3.8) is 0 Å². The molecule has 0 atom stereocenters. The van der Waals surface area contributed by atoms with Crippen LogP contribution < -0.4 is 10.6 Å². The van der Waals surface area contributed by atoms with Crippen LogP contribution in [-0.4, -0.2) is 17.9 Å². The minimum absolute atomic E-state index is 0.0827. The van der Waals surface area contributed by atoms with Crippen molar-refractivity contribution in [3.8, 4) is 0 Å². The number of rotatable bonds is 4. The smallest absolute Gasteiger partial charge is 0.255 e. The average Bonchev–Trinajstić information content (AvgIpc) is 3.34. The van der Waals surface area contributed by atoms with Gasteiger partial charge in [0.05, 0.1) is 5.69 Å². The van der Waals surface area contributed by atoms with Crippen molar-refractivity contribution < 1.29 is 9.59 Å². The van der Waals surface area contributed by atoms with Gasteiger partial charge < -0.3 is 10.6 Å². The molecule has 2 amide bonds. The van der Waals surface area contributed by atoms with E-state index in [2.05, 4.69) is 26.6 Å². The van der Waals surface area contributed by atoms with E-state index in [1.165, 1.54) is 0 Å². The Hall–Kier alpha value is -2.14. The van der Waals surface area contributed by atoms with E-state index in [-0.39, 0.29) is 11.8 Å². The van der Waals surface area contributed by atoms with Crippen molar-refractivity contribution >= 4 is 33.4 Å². The van der Waals surface area contributed by atoms with Gasteiger partial charge in [0.15, 0.2) is 0 Å². The third-order valence-electron chi connectivity index (χ3n) is 3.69. The summed E-state index contributed by atoms with van der Waals surface area (Å²) in [6.07, 6.45) is 2.11. The fourth-order valence-electron chi connectivity index (χ4n) is 2.19. The van der Waals surface area contributed by atoms with Crippen LogP contribution in [0.3, 0.4) is 0 Å². The second-order valence-electron chi connectivity index (χ2n) is 5.76. The molecule has 2 aromatic carbocycles. The first-order chi connectivity index (χ1) is 11.0. The summed E-state index contributed by atoms with van der Waals surface area (Å²) >= 11 is 3.44. The van der Waals surface area contributed by atoms with Gasteiger partial charge in [-0.05, 0) is 77.7 Å². The Balaban J connectivity index is 1.68. The fraction of sp³-hybridized carbons (Fsp3) is 0.222. The first-order valence-corrected chi connectivity index (χ1v) is 8.30. The molecule has 2 aromatic rings. The Morgan fingerprint density at radius 2 is 1.61 bits per heavy atom. The van der Waals surface area contributed by atoms with E-state index in [9.17, 15) is 9.59 Å². The zero-order valence-corrected chi connectivity index (χ0v) is 14.3. The van der Waals surface area contributed by atoms with E-state index < -0.39 is 0 Å². The fourth-order valence-corrected chi connectivity index (χ4v) is 2.78. The molecule has 1 aliphatic carbocycles. The molecule has 1 aliphatic rings. The molecule has 5 heteroatoms. The number of anilines is 1. The van der Waals surface area contributed by atoms with Crippen molar-refractivity contribution in [1.29, 1.82) is 0 Å². The maximum atomic E-state index is 12.3. The van der Waals surface area contributed by atoms with Gasteiger partial charge in [-0.15, -0.1) is 0 Å². The topological polar surface area (TPSA) is 58.2 Å². The molecule has 0 heterocycles. The molecule has 0 radical (unpaired) electrons. The van der Waals surface area contributed by atoms with Gasteiger partial charge in [0, 0.05) is 21.6 Å². The van der Waals surface area contributed by atoms with E-state index in [1.54, 1.807) is 24.3 Å². The predicted molar refractivity (Wildman–Crippen MR) is 93.8 cm³/mol. The monoisotopic (exact) mass is 372 g/mol. The van der Waals surface area contributed by atoms with Crippen LogP contribution in [0.5, 0.6) is 0 Å². The molecule has 0 saturated heterocycles. The number of halogens is 1. The molecule has 0 aromatic heterocycles. The molecular weight excluding hydrogens is 356 g/mol. The third kappa shape index (κ3) is 3.99. The van der Waals surface area contributed by atoms with Crippen molar-refractivity contribution in [3.05, 3.63) is 63.6 Å². The van der Waals surface area contributed by atoms with Gasteiger partial charge in [0.1, 0.15) is 0 Å². The molecule has 23 heavy (non-hydrogen) atoms. The molecule has 0 spiro atoms. The quantitative estimate of drug-likeness (QED) is 0.854. The molecule has 0 bridgehead atoms. The lowest BCUT2D eigenvalue weighted by molar-refractivity contribution is 0.0949. The highest BCUT2D eigenvalue weighted by Crippen LogP contribution is 2.24. The number of hydrogen-bond donors (Lipinski definition) is 2. The Labute approximate surface area is 143 Å². The van der Waals surface area contributed by atoms with Crippen molar-refractivity contribution in [2.45, 2.75) is 25.8 Å². The zero-order chi connectivity index (χ0) is 16.4. The van der Waals surface area contributed by atoms with E-state index in [0.29, 0.717) is 17.2 Å². The van der Waals surface area contributed by atoms with Crippen LogP contribution >= 0.6 is 15.9 Å². The lowest BCUT2D eigenvalue weighted by Crippen LogP contribution is -2.25. The molecule has 118 valence electrons. The third-order valence-corrected chi connectivity index (χ3v) is 4.35. The maximum Gasteiger partial charge on any atom is 0.255 e. The SMILES string of the molecule is Cc1ccc(NC(=O)c2ccc(C(=O)NC3CC3)cc2)c(Br)c1. The number of hydrogen-bond acceptors (Lipinski definition) is 2. The van der Waals surface area contributed by atoms with E-state index in [0.717, 1.165) is 28.6 Å². The largest absolute Gasteiger partial charge is 0.349 e. The molecule has 1 fully saturated rings. The molecule has 0 unspecified atom stereocenters. The lowest BCUT2D eigenvalue weighted by atomic mass is 10.1. The van der Waals surface area contributed by atoms with E-state index in [1.807, 2.05) is 25.1 Å².